The summed E-state index contributed by atoms with van der Waals surface area (Å²) in [7, 11) is -2.07. The molecule has 2 N–H and O–H groups in total. The van der Waals surface area contributed by atoms with Crippen LogP contribution in [0.15, 0.2) is 47.4 Å². The highest BCUT2D eigenvalue weighted by molar-refractivity contribution is 14.1. The molecule has 4 nitrogen and oxygen atoms in total. The van der Waals surface area contributed by atoms with E-state index in [1.54, 1.807) is 25.2 Å². The Morgan fingerprint density at radius 2 is 1.90 bits per heavy atom. The summed E-state index contributed by atoms with van der Waals surface area (Å²) in [5.74, 6) is -0.433. The molecule has 21 heavy (non-hydrogen) atoms. The van der Waals surface area contributed by atoms with Crippen molar-refractivity contribution in [1.29, 1.82) is 0 Å². The number of halogens is 2. The van der Waals surface area contributed by atoms with E-state index in [-0.39, 0.29) is 11.4 Å². The third-order valence-corrected chi connectivity index (χ3v) is 5.12. The summed E-state index contributed by atoms with van der Waals surface area (Å²) in [6, 6.07) is 10.8. The number of anilines is 1. The molecule has 2 aromatic rings. The maximum Gasteiger partial charge on any atom is 0.261 e. The molecule has 0 radical (unpaired) electrons. The van der Waals surface area contributed by atoms with Crippen molar-refractivity contribution in [2.75, 3.05) is 11.8 Å². The summed E-state index contributed by atoms with van der Waals surface area (Å²) in [6.07, 6.45) is 0. The normalized spacial score (nSPS) is 11.4. The maximum atomic E-state index is 13.6. The molecule has 0 amide bonds. The average molecular weight is 420 g/mol. The summed E-state index contributed by atoms with van der Waals surface area (Å²) >= 11 is 2.05. The summed E-state index contributed by atoms with van der Waals surface area (Å²) in [4.78, 5) is 0.0359. The van der Waals surface area contributed by atoms with Gasteiger partial charge in [-0.25, -0.2) is 12.8 Å². The van der Waals surface area contributed by atoms with E-state index in [9.17, 15) is 12.8 Å². The van der Waals surface area contributed by atoms with Crippen molar-refractivity contribution in [1.82, 2.24) is 5.32 Å². The molecular weight excluding hydrogens is 406 g/mol. The van der Waals surface area contributed by atoms with Crippen molar-refractivity contribution in [2.24, 2.45) is 0 Å². The third kappa shape index (κ3) is 3.92. The number of hydrogen-bond donors (Lipinski definition) is 2. The maximum absolute atomic E-state index is 13.6. The number of rotatable bonds is 5. The molecule has 0 unspecified atom stereocenters. The van der Waals surface area contributed by atoms with Gasteiger partial charge in [0.15, 0.2) is 0 Å². The molecule has 2 rings (SSSR count). The summed E-state index contributed by atoms with van der Waals surface area (Å²) < 4.78 is 41.6. The zero-order valence-corrected chi connectivity index (χ0v) is 14.2. The van der Waals surface area contributed by atoms with Gasteiger partial charge in [0.2, 0.25) is 0 Å². The van der Waals surface area contributed by atoms with E-state index in [0.29, 0.717) is 11.3 Å². The van der Waals surface area contributed by atoms with Gasteiger partial charge in [-0.3, -0.25) is 4.72 Å². The lowest BCUT2D eigenvalue weighted by Crippen LogP contribution is -2.15. The van der Waals surface area contributed by atoms with Crippen molar-refractivity contribution in [2.45, 2.75) is 11.4 Å². The lowest BCUT2D eigenvalue weighted by Gasteiger charge is -2.11. The van der Waals surface area contributed by atoms with Gasteiger partial charge in [-0.05, 0) is 60.0 Å². The van der Waals surface area contributed by atoms with E-state index in [0.717, 1.165) is 9.64 Å². The van der Waals surface area contributed by atoms with Crippen LogP contribution in [0.3, 0.4) is 0 Å². The first-order chi connectivity index (χ1) is 9.94. The zero-order valence-electron chi connectivity index (χ0n) is 11.2. The highest BCUT2D eigenvalue weighted by Crippen LogP contribution is 2.22. The fourth-order valence-corrected chi connectivity index (χ4v) is 3.63. The van der Waals surface area contributed by atoms with Gasteiger partial charge in [0.1, 0.15) is 5.82 Å². The molecule has 2 aromatic carbocycles. The first-order valence-corrected chi connectivity index (χ1v) is 8.70. The minimum atomic E-state index is -3.74. The van der Waals surface area contributed by atoms with E-state index in [4.69, 9.17) is 0 Å². The topological polar surface area (TPSA) is 58.2 Å². The third-order valence-electron chi connectivity index (χ3n) is 2.81. The number of benzene rings is 2. The van der Waals surface area contributed by atoms with Crippen molar-refractivity contribution in [3.63, 3.8) is 0 Å². The van der Waals surface area contributed by atoms with E-state index in [1.807, 2.05) is 28.7 Å². The molecule has 0 aliphatic heterocycles. The Bertz CT molecular complexity index is 750. The van der Waals surface area contributed by atoms with Gasteiger partial charge in [-0.1, -0.05) is 12.1 Å². The second-order valence-electron chi connectivity index (χ2n) is 4.37. The van der Waals surface area contributed by atoms with Crippen LogP contribution in [0, 0.1) is 9.39 Å². The first kappa shape index (κ1) is 16.2. The first-order valence-electron chi connectivity index (χ1n) is 6.14. The van der Waals surface area contributed by atoms with Crippen LogP contribution in [-0.2, 0) is 16.6 Å². The summed E-state index contributed by atoms with van der Waals surface area (Å²) in [5, 5.41) is 2.81. The minimum absolute atomic E-state index is 0.0359. The smallest absolute Gasteiger partial charge is 0.261 e. The Morgan fingerprint density at radius 3 is 2.57 bits per heavy atom. The van der Waals surface area contributed by atoms with Crippen molar-refractivity contribution in [3.05, 3.63) is 57.4 Å². The van der Waals surface area contributed by atoms with Crippen LogP contribution in [-0.4, -0.2) is 15.5 Å². The lowest BCUT2D eigenvalue weighted by molar-refractivity contribution is 0.592. The number of para-hydroxylation sites is 1. The highest BCUT2D eigenvalue weighted by Gasteiger charge is 2.17. The van der Waals surface area contributed by atoms with Gasteiger partial charge in [-0.2, -0.15) is 0 Å². The van der Waals surface area contributed by atoms with Gasteiger partial charge in [0, 0.05) is 15.7 Å². The van der Waals surface area contributed by atoms with E-state index >= 15 is 0 Å². The second kappa shape index (κ2) is 6.71. The summed E-state index contributed by atoms with van der Waals surface area (Å²) in [6.45, 7) is 0.262. The van der Waals surface area contributed by atoms with Crippen LogP contribution in [0.5, 0.6) is 0 Å². The van der Waals surface area contributed by atoms with Gasteiger partial charge in [-0.15, -0.1) is 0 Å². The predicted molar refractivity (Wildman–Crippen MR) is 89.1 cm³/mol. The Morgan fingerprint density at radius 1 is 1.19 bits per heavy atom. The molecule has 0 aliphatic carbocycles. The van der Waals surface area contributed by atoms with Crippen LogP contribution in [0.25, 0.3) is 0 Å². The van der Waals surface area contributed by atoms with Crippen LogP contribution < -0.4 is 10.0 Å². The Hall–Kier alpha value is -1.19. The molecule has 0 aliphatic rings. The van der Waals surface area contributed by atoms with E-state index in [2.05, 4.69) is 10.0 Å². The van der Waals surface area contributed by atoms with Crippen molar-refractivity contribution in [3.8, 4) is 0 Å². The van der Waals surface area contributed by atoms with Crippen molar-refractivity contribution < 1.29 is 12.8 Å². The predicted octanol–water partition coefficient (Wildman–Crippen LogP) is 2.95. The molecule has 0 bridgehead atoms. The molecule has 112 valence electrons. The summed E-state index contributed by atoms with van der Waals surface area (Å²) in [5.41, 5.74) is 0.806. The van der Waals surface area contributed by atoms with Gasteiger partial charge >= 0.3 is 0 Å². The fourth-order valence-electron chi connectivity index (χ4n) is 1.79. The number of nitrogens with one attached hydrogen (secondary N) is 2. The molecule has 0 saturated heterocycles. The van der Waals surface area contributed by atoms with Crippen LogP contribution in [0.4, 0.5) is 10.1 Å². The molecule has 7 heteroatoms. The van der Waals surface area contributed by atoms with Crippen LogP contribution in [0.1, 0.15) is 5.56 Å². The molecule has 0 spiro atoms. The largest absolute Gasteiger partial charge is 0.316 e. The molecule has 0 heterocycles. The van der Waals surface area contributed by atoms with Gasteiger partial charge < -0.3 is 5.32 Å². The molecular formula is C14H14FIN2O2S. The van der Waals surface area contributed by atoms with Crippen molar-refractivity contribution >= 4 is 38.3 Å². The quantitative estimate of drug-likeness (QED) is 0.732. The SMILES string of the molecule is CNCc1cc(S(=O)(=O)Nc2ccccc2I)ccc1F. The zero-order chi connectivity index (χ0) is 15.5. The fraction of sp³-hybridized carbons (Fsp3) is 0.143. The molecule has 0 aromatic heterocycles. The van der Waals surface area contributed by atoms with E-state index in [1.165, 1.54) is 12.1 Å². The molecule has 0 saturated carbocycles. The highest BCUT2D eigenvalue weighted by atomic mass is 127. The Labute approximate surface area is 137 Å². The Balaban J connectivity index is 2.36. The average Bonchev–Trinajstić information content (AvgIpc) is 2.44. The lowest BCUT2D eigenvalue weighted by atomic mass is 10.2. The van der Waals surface area contributed by atoms with Crippen LogP contribution >= 0.6 is 22.6 Å². The van der Waals surface area contributed by atoms with Crippen LogP contribution in [0.2, 0.25) is 0 Å². The minimum Gasteiger partial charge on any atom is -0.316 e. The standard InChI is InChI=1S/C14H14FIN2O2S/c1-17-9-10-8-11(6-7-12(10)15)21(19,20)18-14-5-3-2-4-13(14)16/h2-8,17-18H,9H2,1H3. The van der Waals surface area contributed by atoms with Gasteiger partial charge in [0.25, 0.3) is 10.0 Å². The Kier molecular flexibility index (Phi) is 5.17. The number of sulfonamides is 1. The second-order valence-corrected chi connectivity index (χ2v) is 7.21. The molecule has 0 fully saturated rings. The monoisotopic (exact) mass is 420 g/mol. The van der Waals surface area contributed by atoms with E-state index < -0.39 is 15.8 Å². The molecule has 0 atom stereocenters. The number of hydrogen-bond acceptors (Lipinski definition) is 3. The van der Waals surface area contributed by atoms with Gasteiger partial charge in [0.05, 0.1) is 10.6 Å².